The van der Waals surface area contributed by atoms with Gasteiger partial charge in [0.05, 0.1) is 0 Å². The highest BCUT2D eigenvalue weighted by atomic mass is 16.5. The fourth-order valence-electron chi connectivity index (χ4n) is 1.96. The minimum absolute atomic E-state index is 0.0387. The van der Waals surface area contributed by atoms with Crippen LogP contribution in [0.1, 0.15) is 40.5 Å². The van der Waals surface area contributed by atoms with Crippen LogP contribution < -0.4 is 10.6 Å². The van der Waals surface area contributed by atoms with Gasteiger partial charge in [0.25, 0.3) is 5.91 Å². The second-order valence-electron chi connectivity index (χ2n) is 5.23. The summed E-state index contributed by atoms with van der Waals surface area (Å²) in [7, 11) is 1.56. The van der Waals surface area contributed by atoms with Gasteiger partial charge < -0.3 is 15.4 Å². The molecule has 0 aromatic rings. The maximum Gasteiger partial charge on any atom is 0.251 e. The Labute approximate surface area is 98.1 Å². The lowest BCUT2D eigenvalue weighted by Gasteiger charge is -2.36. The summed E-state index contributed by atoms with van der Waals surface area (Å²) < 4.78 is 5.16. The van der Waals surface area contributed by atoms with E-state index < -0.39 is 5.60 Å². The van der Waals surface area contributed by atoms with Gasteiger partial charge in [-0.3, -0.25) is 4.79 Å². The summed E-state index contributed by atoms with van der Waals surface area (Å²) in [6, 6.07) is 1.07. The summed E-state index contributed by atoms with van der Waals surface area (Å²) in [5.74, 6) is -0.0387. The molecule has 0 aromatic carbocycles. The number of carbonyl (C=O) groups excluding carboxylic acids is 1. The van der Waals surface area contributed by atoms with E-state index in [0.29, 0.717) is 12.1 Å². The van der Waals surface area contributed by atoms with E-state index in [4.69, 9.17) is 4.74 Å². The first-order chi connectivity index (χ1) is 7.36. The Morgan fingerprint density at radius 1 is 1.38 bits per heavy atom. The van der Waals surface area contributed by atoms with Gasteiger partial charge in [-0.05, 0) is 40.5 Å². The van der Waals surface area contributed by atoms with Crippen LogP contribution in [0, 0.1) is 0 Å². The van der Waals surface area contributed by atoms with Crippen LogP contribution >= 0.6 is 0 Å². The fraction of sp³-hybridized carbons (Fsp3) is 0.917. The molecular formula is C12H24N2O2. The molecule has 4 nitrogen and oxygen atoms in total. The third-order valence-electron chi connectivity index (χ3n) is 3.44. The minimum atomic E-state index is -0.747. The maximum atomic E-state index is 11.9. The minimum Gasteiger partial charge on any atom is -0.369 e. The lowest BCUT2D eigenvalue weighted by molar-refractivity contribution is -0.140. The summed E-state index contributed by atoms with van der Waals surface area (Å²) in [5.41, 5.74) is -0.747. The van der Waals surface area contributed by atoms with Crippen molar-refractivity contribution in [3.8, 4) is 0 Å². The number of carbonyl (C=O) groups is 1. The molecule has 0 aromatic heterocycles. The van der Waals surface area contributed by atoms with Crippen LogP contribution in [0.4, 0.5) is 0 Å². The van der Waals surface area contributed by atoms with Crippen LogP contribution in [0.15, 0.2) is 0 Å². The molecule has 0 bridgehead atoms. The molecule has 4 heteroatoms. The third-order valence-corrected chi connectivity index (χ3v) is 3.44. The molecular weight excluding hydrogens is 204 g/mol. The van der Waals surface area contributed by atoms with E-state index >= 15 is 0 Å². The largest absolute Gasteiger partial charge is 0.369 e. The Morgan fingerprint density at radius 3 is 2.50 bits per heavy atom. The summed E-state index contributed by atoms with van der Waals surface area (Å²) >= 11 is 0. The zero-order valence-corrected chi connectivity index (χ0v) is 11.0. The molecule has 1 rings (SSSR count). The average Bonchev–Trinajstić information content (AvgIpc) is 2.22. The zero-order valence-electron chi connectivity index (χ0n) is 11.0. The average molecular weight is 228 g/mol. The highest BCUT2D eigenvalue weighted by Crippen LogP contribution is 2.15. The molecule has 94 valence electrons. The van der Waals surface area contributed by atoms with Crippen molar-refractivity contribution in [2.75, 3.05) is 7.11 Å². The summed E-state index contributed by atoms with van der Waals surface area (Å²) in [4.78, 5) is 11.9. The van der Waals surface area contributed by atoms with Crippen LogP contribution in [-0.2, 0) is 9.53 Å². The second kappa shape index (κ2) is 5.15. The first kappa shape index (κ1) is 13.5. The van der Waals surface area contributed by atoms with Gasteiger partial charge in [0.15, 0.2) is 0 Å². The Morgan fingerprint density at radius 2 is 2.00 bits per heavy atom. The normalized spacial score (nSPS) is 31.2. The van der Waals surface area contributed by atoms with Gasteiger partial charge in [0.2, 0.25) is 0 Å². The molecule has 0 saturated carbocycles. The Bertz CT molecular complexity index is 253. The summed E-state index contributed by atoms with van der Waals surface area (Å²) in [5, 5.41) is 6.50. The smallest absolute Gasteiger partial charge is 0.251 e. The fourth-order valence-corrected chi connectivity index (χ4v) is 1.96. The molecule has 2 N–H and O–H groups in total. The van der Waals surface area contributed by atoms with Gasteiger partial charge in [0, 0.05) is 25.2 Å². The number of nitrogens with one attached hydrogen (secondary N) is 2. The monoisotopic (exact) mass is 228 g/mol. The zero-order chi connectivity index (χ0) is 12.3. The molecule has 0 radical (unpaired) electrons. The van der Waals surface area contributed by atoms with Crippen molar-refractivity contribution >= 4 is 5.91 Å². The van der Waals surface area contributed by atoms with Gasteiger partial charge in [-0.15, -0.1) is 0 Å². The second-order valence-corrected chi connectivity index (χ2v) is 5.23. The molecule has 1 aliphatic heterocycles. The van der Waals surface area contributed by atoms with Gasteiger partial charge >= 0.3 is 0 Å². The number of hydrogen-bond acceptors (Lipinski definition) is 3. The molecule has 3 unspecified atom stereocenters. The van der Waals surface area contributed by atoms with Gasteiger partial charge in [-0.2, -0.15) is 0 Å². The molecule has 3 atom stereocenters. The quantitative estimate of drug-likeness (QED) is 0.759. The number of methoxy groups -OCH3 is 1. The lowest BCUT2D eigenvalue weighted by Crippen LogP contribution is -2.58. The van der Waals surface area contributed by atoms with E-state index in [1.165, 1.54) is 0 Å². The maximum absolute atomic E-state index is 11.9. The molecule has 0 spiro atoms. The molecule has 1 fully saturated rings. The van der Waals surface area contributed by atoms with E-state index in [2.05, 4.69) is 24.5 Å². The highest BCUT2D eigenvalue weighted by Gasteiger charge is 2.32. The van der Waals surface area contributed by atoms with Crippen molar-refractivity contribution in [3.63, 3.8) is 0 Å². The number of ether oxygens (including phenoxy) is 1. The number of piperidine rings is 1. The third kappa shape index (κ3) is 3.19. The number of hydrogen-bond donors (Lipinski definition) is 2. The topological polar surface area (TPSA) is 50.4 Å². The van der Waals surface area contributed by atoms with Gasteiger partial charge in [0.1, 0.15) is 5.60 Å². The first-order valence-corrected chi connectivity index (χ1v) is 5.99. The predicted molar refractivity (Wildman–Crippen MR) is 64.3 cm³/mol. The SMILES string of the molecule is COC(C)(C)C(=O)NC1CCC(C)NC1C. The molecule has 1 saturated heterocycles. The van der Waals surface area contributed by atoms with Crippen molar-refractivity contribution in [1.29, 1.82) is 0 Å². The summed E-state index contributed by atoms with van der Waals surface area (Å²) in [6.45, 7) is 7.85. The lowest BCUT2D eigenvalue weighted by atomic mass is 9.94. The van der Waals surface area contributed by atoms with Crippen LogP contribution in [-0.4, -0.2) is 36.7 Å². The Kier molecular flexibility index (Phi) is 4.33. The van der Waals surface area contributed by atoms with Crippen molar-refractivity contribution in [2.45, 2.75) is 64.3 Å². The standard InChI is InChI=1S/C12H24N2O2/c1-8-6-7-10(9(2)13-8)14-11(15)12(3,4)16-5/h8-10,13H,6-7H2,1-5H3,(H,14,15). The van der Waals surface area contributed by atoms with Gasteiger partial charge in [-0.1, -0.05) is 0 Å². The van der Waals surface area contributed by atoms with E-state index in [1.54, 1.807) is 21.0 Å². The van der Waals surface area contributed by atoms with Crippen molar-refractivity contribution in [3.05, 3.63) is 0 Å². The van der Waals surface area contributed by atoms with Gasteiger partial charge in [-0.25, -0.2) is 0 Å². The van der Waals surface area contributed by atoms with E-state index in [-0.39, 0.29) is 11.9 Å². The van der Waals surface area contributed by atoms with Crippen LogP contribution in [0.25, 0.3) is 0 Å². The van der Waals surface area contributed by atoms with Crippen molar-refractivity contribution in [1.82, 2.24) is 10.6 Å². The van der Waals surface area contributed by atoms with Crippen molar-refractivity contribution < 1.29 is 9.53 Å². The number of amides is 1. The van der Waals surface area contributed by atoms with Crippen LogP contribution in [0.5, 0.6) is 0 Å². The van der Waals surface area contributed by atoms with Crippen molar-refractivity contribution in [2.24, 2.45) is 0 Å². The van der Waals surface area contributed by atoms with E-state index in [9.17, 15) is 4.79 Å². The summed E-state index contributed by atoms with van der Waals surface area (Å²) in [6.07, 6.45) is 2.13. The van der Waals surface area contributed by atoms with E-state index in [0.717, 1.165) is 12.8 Å². The van der Waals surface area contributed by atoms with Crippen LogP contribution in [0.3, 0.4) is 0 Å². The van der Waals surface area contributed by atoms with Crippen LogP contribution in [0.2, 0.25) is 0 Å². The first-order valence-electron chi connectivity index (χ1n) is 5.99. The number of rotatable bonds is 3. The predicted octanol–water partition coefficient (Wildman–Crippen LogP) is 1.06. The van der Waals surface area contributed by atoms with E-state index in [1.807, 2.05) is 0 Å². The molecule has 0 aliphatic carbocycles. The Hall–Kier alpha value is -0.610. The molecule has 1 amide bonds. The Balaban J connectivity index is 2.51. The molecule has 16 heavy (non-hydrogen) atoms. The highest BCUT2D eigenvalue weighted by molar-refractivity contribution is 5.84. The molecule has 1 heterocycles. The molecule has 1 aliphatic rings.